The van der Waals surface area contributed by atoms with Crippen LogP contribution in [0.4, 0.5) is 0 Å². The highest BCUT2D eigenvalue weighted by Gasteiger charge is 2.29. The van der Waals surface area contributed by atoms with Gasteiger partial charge in [-0.1, -0.05) is 24.3 Å². The highest BCUT2D eigenvalue weighted by atomic mass is 32.2. The number of aromatic nitrogens is 1. The number of amides is 1. The third-order valence-electron chi connectivity index (χ3n) is 4.86. The molecule has 4 rings (SSSR count). The van der Waals surface area contributed by atoms with E-state index in [0.717, 1.165) is 41.4 Å². The number of likely N-dealkylation sites (tertiary alicyclic amines) is 1. The zero-order valence-corrected chi connectivity index (χ0v) is 16.9. The molecule has 1 aliphatic heterocycles. The smallest absolute Gasteiger partial charge is 0.233 e. The minimum absolute atomic E-state index is 0.187. The number of para-hydroxylation sites is 1. The fourth-order valence-corrected chi connectivity index (χ4v) is 5.46. The van der Waals surface area contributed by atoms with E-state index in [9.17, 15) is 4.79 Å². The largest absolute Gasteiger partial charge is 0.497 e. The molecule has 1 fully saturated rings. The molecule has 27 heavy (non-hydrogen) atoms. The lowest BCUT2D eigenvalue weighted by Gasteiger charge is -2.25. The number of benzene rings is 2. The Kier molecular flexibility index (Phi) is 5.64. The number of thiazole rings is 1. The molecule has 4 nitrogen and oxygen atoms in total. The first-order chi connectivity index (χ1) is 13.2. The van der Waals surface area contributed by atoms with Gasteiger partial charge in [0.2, 0.25) is 5.91 Å². The van der Waals surface area contributed by atoms with E-state index in [1.165, 1.54) is 10.3 Å². The maximum Gasteiger partial charge on any atom is 0.233 e. The zero-order chi connectivity index (χ0) is 18.6. The second-order valence-corrected chi connectivity index (χ2v) is 8.69. The molecule has 0 saturated carbocycles. The van der Waals surface area contributed by atoms with Crippen LogP contribution in [-0.4, -0.2) is 35.2 Å². The third-order valence-corrected chi connectivity index (χ3v) is 7.01. The fraction of sp³-hybridized carbons (Fsp3) is 0.333. The van der Waals surface area contributed by atoms with Crippen molar-refractivity contribution in [1.82, 2.24) is 9.88 Å². The minimum Gasteiger partial charge on any atom is -0.497 e. The van der Waals surface area contributed by atoms with Crippen molar-refractivity contribution in [2.24, 2.45) is 0 Å². The molecule has 0 N–H and O–H groups in total. The Morgan fingerprint density at radius 1 is 1.26 bits per heavy atom. The average molecular weight is 399 g/mol. The summed E-state index contributed by atoms with van der Waals surface area (Å²) in [5, 5.41) is 1.09. The molecule has 1 aromatic heterocycles. The van der Waals surface area contributed by atoms with Gasteiger partial charge < -0.3 is 9.64 Å². The summed E-state index contributed by atoms with van der Waals surface area (Å²) in [5.41, 5.74) is 2.24. The van der Waals surface area contributed by atoms with E-state index in [-0.39, 0.29) is 11.9 Å². The Morgan fingerprint density at radius 3 is 2.85 bits per heavy atom. The molecule has 1 aliphatic rings. The highest BCUT2D eigenvalue weighted by Crippen LogP contribution is 2.33. The number of carbonyl (C=O) groups is 1. The molecular formula is C21H22N2O2S2. The lowest BCUT2D eigenvalue weighted by atomic mass is 10.0. The van der Waals surface area contributed by atoms with Gasteiger partial charge in [0.25, 0.3) is 0 Å². The first kappa shape index (κ1) is 18.3. The maximum atomic E-state index is 12.8. The van der Waals surface area contributed by atoms with Gasteiger partial charge in [0.1, 0.15) is 10.8 Å². The van der Waals surface area contributed by atoms with E-state index in [2.05, 4.69) is 23.2 Å². The van der Waals surface area contributed by atoms with Gasteiger partial charge in [0.05, 0.1) is 29.1 Å². The van der Waals surface area contributed by atoms with E-state index in [4.69, 9.17) is 4.74 Å². The first-order valence-electron chi connectivity index (χ1n) is 9.10. The van der Waals surface area contributed by atoms with Gasteiger partial charge in [-0.05, 0) is 42.7 Å². The van der Waals surface area contributed by atoms with Crippen molar-refractivity contribution in [2.75, 3.05) is 19.4 Å². The average Bonchev–Trinajstić information content (AvgIpc) is 3.34. The molecule has 0 spiro atoms. The lowest BCUT2D eigenvalue weighted by molar-refractivity contribution is -0.129. The lowest BCUT2D eigenvalue weighted by Crippen LogP contribution is -2.32. The molecule has 2 aromatic carbocycles. The summed E-state index contributed by atoms with van der Waals surface area (Å²) in [6.45, 7) is 0.844. The second kappa shape index (κ2) is 8.31. The Balaban J connectivity index is 1.35. The summed E-state index contributed by atoms with van der Waals surface area (Å²) in [4.78, 5) is 19.5. The van der Waals surface area contributed by atoms with E-state index in [1.54, 1.807) is 30.2 Å². The summed E-state index contributed by atoms with van der Waals surface area (Å²) in [6, 6.07) is 16.4. The van der Waals surface area contributed by atoms with Crippen LogP contribution in [0.15, 0.2) is 48.5 Å². The van der Waals surface area contributed by atoms with Crippen molar-refractivity contribution in [3.8, 4) is 5.75 Å². The maximum absolute atomic E-state index is 12.8. The SMILES string of the molecule is COc1ccc([C@H]2CCCN2C(=O)CSCc2nc3ccccc3s2)cc1. The van der Waals surface area contributed by atoms with Crippen molar-refractivity contribution in [1.29, 1.82) is 0 Å². The number of ether oxygens (including phenoxy) is 1. The molecule has 2 heterocycles. The molecule has 0 unspecified atom stereocenters. The molecule has 1 saturated heterocycles. The van der Waals surface area contributed by atoms with Crippen molar-refractivity contribution in [2.45, 2.75) is 24.6 Å². The van der Waals surface area contributed by atoms with Gasteiger partial charge in [-0.25, -0.2) is 4.98 Å². The summed E-state index contributed by atoms with van der Waals surface area (Å²) in [5.74, 6) is 2.36. The quantitative estimate of drug-likeness (QED) is 0.592. The van der Waals surface area contributed by atoms with Crippen LogP contribution in [0.3, 0.4) is 0 Å². The highest BCUT2D eigenvalue weighted by molar-refractivity contribution is 7.99. The Hall–Kier alpha value is -2.05. The van der Waals surface area contributed by atoms with E-state index >= 15 is 0 Å². The molecule has 0 aliphatic carbocycles. The zero-order valence-electron chi connectivity index (χ0n) is 15.3. The first-order valence-corrected chi connectivity index (χ1v) is 11.1. The van der Waals surface area contributed by atoms with Gasteiger partial charge in [0, 0.05) is 12.3 Å². The summed E-state index contributed by atoms with van der Waals surface area (Å²) in [6.07, 6.45) is 2.09. The van der Waals surface area contributed by atoms with Crippen LogP contribution in [0.5, 0.6) is 5.75 Å². The van der Waals surface area contributed by atoms with Gasteiger partial charge in [0.15, 0.2) is 0 Å². The fourth-order valence-electron chi connectivity index (χ4n) is 3.53. The Morgan fingerprint density at radius 2 is 2.07 bits per heavy atom. The van der Waals surface area contributed by atoms with E-state index < -0.39 is 0 Å². The molecule has 3 aromatic rings. The Labute approximate surface area is 167 Å². The minimum atomic E-state index is 0.187. The number of nitrogens with zero attached hydrogens (tertiary/aromatic N) is 2. The number of carbonyl (C=O) groups excluding carboxylic acids is 1. The summed E-state index contributed by atoms with van der Waals surface area (Å²) in [7, 11) is 1.67. The molecule has 0 bridgehead atoms. The molecular weight excluding hydrogens is 376 g/mol. The van der Waals surface area contributed by atoms with Crippen molar-refractivity contribution >= 4 is 39.2 Å². The monoisotopic (exact) mass is 398 g/mol. The summed E-state index contributed by atoms with van der Waals surface area (Å²) >= 11 is 3.37. The topological polar surface area (TPSA) is 42.4 Å². The Bertz CT molecular complexity index is 890. The van der Waals surface area contributed by atoms with Crippen LogP contribution in [0.25, 0.3) is 10.2 Å². The normalized spacial score (nSPS) is 16.8. The summed E-state index contributed by atoms with van der Waals surface area (Å²) < 4.78 is 6.44. The van der Waals surface area contributed by atoms with E-state index in [1.807, 2.05) is 35.2 Å². The van der Waals surface area contributed by atoms with Crippen LogP contribution in [0.1, 0.15) is 29.5 Å². The van der Waals surface area contributed by atoms with Crippen molar-refractivity contribution in [3.63, 3.8) is 0 Å². The standard InChI is InChI=1S/C21H22N2O2S2/c1-25-16-10-8-15(9-11-16)18-6-4-12-23(18)21(24)14-26-13-20-22-17-5-2-3-7-19(17)27-20/h2-3,5,7-11,18H,4,6,12-14H2,1H3/t18-/m1/s1. The molecule has 6 heteroatoms. The second-order valence-electron chi connectivity index (χ2n) is 6.59. The predicted molar refractivity (Wildman–Crippen MR) is 112 cm³/mol. The molecule has 1 atom stereocenters. The number of hydrogen-bond acceptors (Lipinski definition) is 5. The number of thioether (sulfide) groups is 1. The third kappa shape index (κ3) is 4.12. The van der Waals surface area contributed by atoms with Crippen LogP contribution >= 0.6 is 23.1 Å². The molecule has 0 radical (unpaired) electrons. The number of rotatable bonds is 6. The van der Waals surface area contributed by atoms with Crippen molar-refractivity contribution < 1.29 is 9.53 Å². The van der Waals surface area contributed by atoms with Crippen LogP contribution < -0.4 is 4.74 Å². The van der Waals surface area contributed by atoms with Gasteiger partial charge >= 0.3 is 0 Å². The van der Waals surface area contributed by atoms with Crippen LogP contribution in [0.2, 0.25) is 0 Å². The molecule has 140 valence electrons. The van der Waals surface area contributed by atoms with E-state index in [0.29, 0.717) is 5.75 Å². The van der Waals surface area contributed by atoms with Gasteiger partial charge in [-0.15, -0.1) is 23.1 Å². The van der Waals surface area contributed by atoms with Crippen LogP contribution in [0, 0.1) is 0 Å². The van der Waals surface area contributed by atoms with Crippen LogP contribution in [-0.2, 0) is 10.5 Å². The van der Waals surface area contributed by atoms with Gasteiger partial charge in [-0.3, -0.25) is 4.79 Å². The van der Waals surface area contributed by atoms with Crippen molar-refractivity contribution in [3.05, 3.63) is 59.1 Å². The number of fused-ring (bicyclic) bond motifs is 1. The van der Waals surface area contributed by atoms with Gasteiger partial charge in [-0.2, -0.15) is 0 Å². The molecule has 1 amide bonds. The predicted octanol–water partition coefficient (Wildman–Crippen LogP) is 4.90. The number of methoxy groups -OCH3 is 1. The number of hydrogen-bond donors (Lipinski definition) is 0.